The summed E-state index contributed by atoms with van der Waals surface area (Å²) in [6, 6.07) is 3.35. The average molecular weight is 250 g/mol. The molecule has 2 rings (SSSR count). The molecule has 0 saturated carbocycles. The first-order valence-corrected chi connectivity index (χ1v) is 5.48. The fourth-order valence-corrected chi connectivity index (χ4v) is 1.97. The minimum absolute atomic E-state index is 0.233. The van der Waals surface area contributed by atoms with Gasteiger partial charge in [-0.1, -0.05) is 6.07 Å². The van der Waals surface area contributed by atoms with Gasteiger partial charge in [0.1, 0.15) is 23.2 Å². The van der Waals surface area contributed by atoms with Gasteiger partial charge in [0, 0.05) is 5.56 Å². The van der Waals surface area contributed by atoms with Crippen LogP contribution < -0.4 is 0 Å². The fraction of sp³-hybridized carbons (Fsp3) is 0.214. The molecular weight excluding hydrogens is 238 g/mol. The Kier molecular flexibility index (Phi) is 3.03. The van der Waals surface area contributed by atoms with Gasteiger partial charge in [0.25, 0.3) is 0 Å². The summed E-state index contributed by atoms with van der Waals surface area (Å²) in [4.78, 5) is 12.2. The van der Waals surface area contributed by atoms with Crippen molar-refractivity contribution in [3.8, 4) is 0 Å². The lowest BCUT2D eigenvalue weighted by molar-refractivity contribution is 0.102. The maximum absolute atomic E-state index is 13.6. The van der Waals surface area contributed by atoms with Crippen molar-refractivity contribution in [1.82, 2.24) is 0 Å². The molecular formula is C14H12F2O2. The maximum atomic E-state index is 13.6. The van der Waals surface area contributed by atoms with Gasteiger partial charge in [-0.2, -0.15) is 0 Å². The zero-order valence-corrected chi connectivity index (χ0v) is 10.3. The van der Waals surface area contributed by atoms with Crippen LogP contribution in [0.25, 0.3) is 0 Å². The standard InChI is InChI=1S/C14H12F2O2/c1-7-8(2)18-9(3)12(7)14(17)13-10(15)5-4-6-11(13)16/h4-6H,1-3H3. The van der Waals surface area contributed by atoms with E-state index in [1.165, 1.54) is 6.07 Å². The van der Waals surface area contributed by atoms with Crippen LogP contribution in [-0.4, -0.2) is 5.78 Å². The number of halogens is 2. The van der Waals surface area contributed by atoms with Crippen molar-refractivity contribution in [3.63, 3.8) is 0 Å². The third-order valence-electron chi connectivity index (χ3n) is 2.98. The molecule has 0 amide bonds. The van der Waals surface area contributed by atoms with Gasteiger partial charge in [-0.25, -0.2) is 8.78 Å². The Morgan fingerprint density at radius 1 is 1.00 bits per heavy atom. The molecule has 1 aromatic heterocycles. The molecule has 0 atom stereocenters. The third-order valence-corrected chi connectivity index (χ3v) is 2.98. The molecule has 18 heavy (non-hydrogen) atoms. The van der Waals surface area contributed by atoms with Gasteiger partial charge in [-0.15, -0.1) is 0 Å². The lowest BCUT2D eigenvalue weighted by atomic mass is 9.99. The Balaban J connectivity index is 2.62. The van der Waals surface area contributed by atoms with Crippen molar-refractivity contribution >= 4 is 5.78 Å². The first-order chi connectivity index (χ1) is 8.43. The van der Waals surface area contributed by atoms with Crippen LogP contribution in [0.4, 0.5) is 8.78 Å². The number of carbonyl (C=O) groups is 1. The molecule has 0 aliphatic carbocycles. The van der Waals surface area contributed by atoms with Crippen molar-refractivity contribution in [2.75, 3.05) is 0 Å². The van der Waals surface area contributed by atoms with Crippen LogP contribution in [0, 0.1) is 32.4 Å². The number of hydrogen-bond donors (Lipinski definition) is 0. The van der Waals surface area contributed by atoms with Crippen molar-refractivity contribution < 1.29 is 18.0 Å². The smallest absolute Gasteiger partial charge is 0.202 e. The van der Waals surface area contributed by atoms with Gasteiger partial charge in [0.05, 0.1) is 11.1 Å². The zero-order valence-electron chi connectivity index (χ0n) is 10.3. The van der Waals surface area contributed by atoms with E-state index < -0.39 is 23.0 Å². The molecule has 0 fully saturated rings. The predicted molar refractivity (Wildman–Crippen MR) is 62.7 cm³/mol. The Morgan fingerprint density at radius 3 is 2.00 bits per heavy atom. The number of aryl methyl sites for hydroxylation is 2. The summed E-state index contributed by atoms with van der Waals surface area (Å²) < 4.78 is 32.4. The molecule has 0 spiro atoms. The van der Waals surface area contributed by atoms with Crippen molar-refractivity contribution in [2.45, 2.75) is 20.8 Å². The summed E-state index contributed by atoms with van der Waals surface area (Å²) in [7, 11) is 0. The molecule has 1 heterocycles. The Morgan fingerprint density at radius 2 is 1.56 bits per heavy atom. The second-order valence-corrected chi connectivity index (χ2v) is 4.14. The molecule has 0 unspecified atom stereocenters. The van der Waals surface area contributed by atoms with Gasteiger partial charge in [-0.3, -0.25) is 4.79 Å². The molecule has 0 aliphatic rings. The molecule has 0 saturated heterocycles. The number of furan rings is 1. The Hall–Kier alpha value is -1.97. The summed E-state index contributed by atoms with van der Waals surface area (Å²) >= 11 is 0. The second kappa shape index (κ2) is 4.37. The van der Waals surface area contributed by atoms with Crippen LogP contribution in [0.1, 0.15) is 33.0 Å². The van der Waals surface area contributed by atoms with Crippen LogP contribution in [0.2, 0.25) is 0 Å². The van der Waals surface area contributed by atoms with Crippen molar-refractivity contribution in [3.05, 3.63) is 58.0 Å². The van der Waals surface area contributed by atoms with Crippen LogP contribution >= 0.6 is 0 Å². The lowest BCUT2D eigenvalue weighted by Gasteiger charge is -2.04. The van der Waals surface area contributed by atoms with E-state index in [0.717, 1.165) is 12.1 Å². The third kappa shape index (κ3) is 1.83. The van der Waals surface area contributed by atoms with E-state index in [-0.39, 0.29) is 5.56 Å². The van der Waals surface area contributed by atoms with Gasteiger partial charge >= 0.3 is 0 Å². The summed E-state index contributed by atoms with van der Waals surface area (Å²) in [5.74, 6) is -1.46. The highest BCUT2D eigenvalue weighted by molar-refractivity contribution is 6.11. The number of ketones is 1. The van der Waals surface area contributed by atoms with Gasteiger partial charge in [0.15, 0.2) is 0 Å². The molecule has 4 heteroatoms. The first-order valence-electron chi connectivity index (χ1n) is 5.48. The summed E-state index contributed by atoms with van der Waals surface area (Å²) in [5.41, 5.74) is 0.307. The molecule has 2 aromatic rings. The number of hydrogen-bond acceptors (Lipinski definition) is 2. The minimum atomic E-state index is -0.863. The Labute approximate surface area is 103 Å². The number of benzene rings is 1. The highest BCUT2D eigenvalue weighted by atomic mass is 19.1. The van der Waals surface area contributed by atoms with Crippen LogP contribution in [0.3, 0.4) is 0 Å². The molecule has 2 nitrogen and oxygen atoms in total. The molecule has 0 aliphatic heterocycles. The topological polar surface area (TPSA) is 30.2 Å². The highest BCUT2D eigenvalue weighted by Gasteiger charge is 2.25. The summed E-state index contributed by atoms with van der Waals surface area (Å²) in [5, 5.41) is 0. The van der Waals surface area contributed by atoms with Crippen molar-refractivity contribution in [1.29, 1.82) is 0 Å². The Bertz CT molecular complexity index is 607. The van der Waals surface area contributed by atoms with Gasteiger partial charge < -0.3 is 4.42 Å². The maximum Gasteiger partial charge on any atom is 0.202 e. The second-order valence-electron chi connectivity index (χ2n) is 4.14. The van der Waals surface area contributed by atoms with E-state index in [1.54, 1.807) is 20.8 Å². The quantitative estimate of drug-likeness (QED) is 0.760. The van der Waals surface area contributed by atoms with E-state index in [4.69, 9.17) is 4.42 Å². The van der Waals surface area contributed by atoms with Crippen molar-refractivity contribution in [2.24, 2.45) is 0 Å². The number of carbonyl (C=O) groups excluding carboxylic acids is 1. The van der Waals surface area contributed by atoms with Crippen LogP contribution in [0.5, 0.6) is 0 Å². The van der Waals surface area contributed by atoms with E-state index in [0.29, 0.717) is 17.1 Å². The molecule has 0 bridgehead atoms. The monoisotopic (exact) mass is 250 g/mol. The first kappa shape index (κ1) is 12.5. The SMILES string of the molecule is Cc1oc(C)c(C(=O)c2c(F)cccc2F)c1C. The number of rotatable bonds is 2. The molecule has 0 radical (unpaired) electrons. The molecule has 1 aromatic carbocycles. The van der Waals surface area contributed by atoms with E-state index in [2.05, 4.69) is 0 Å². The normalized spacial score (nSPS) is 10.7. The van der Waals surface area contributed by atoms with E-state index in [1.807, 2.05) is 0 Å². The zero-order chi connectivity index (χ0) is 13.4. The average Bonchev–Trinajstić information content (AvgIpc) is 2.52. The van der Waals surface area contributed by atoms with Crippen LogP contribution in [0.15, 0.2) is 22.6 Å². The fourth-order valence-electron chi connectivity index (χ4n) is 1.97. The van der Waals surface area contributed by atoms with E-state index in [9.17, 15) is 13.6 Å². The summed E-state index contributed by atoms with van der Waals surface area (Å²) in [6.07, 6.45) is 0. The van der Waals surface area contributed by atoms with Gasteiger partial charge in [-0.05, 0) is 32.9 Å². The van der Waals surface area contributed by atoms with E-state index >= 15 is 0 Å². The summed E-state index contributed by atoms with van der Waals surface area (Å²) in [6.45, 7) is 5.00. The lowest BCUT2D eigenvalue weighted by Crippen LogP contribution is -2.09. The predicted octanol–water partition coefficient (Wildman–Crippen LogP) is 3.71. The highest BCUT2D eigenvalue weighted by Crippen LogP contribution is 2.25. The van der Waals surface area contributed by atoms with Crippen LogP contribution in [-0.2, 0) is 0 Å². The molecule has 94 valence electrons. The molecule has 0 N–H and O–H groups in total. The van der Waals surface area contributed by atoms with Gasteiger partial charge in [0.2, 0.25) is 5.78 Å². The largest absolute Gasteiger partial charge is 0.466 e. The minimum Gasteiger partial charge on any atom is -0.466 e.